The van der Waals surface area contributed by atoms with Crippen molar-refractivity contribution < 1.29 is 15.0 Å². The zero-order chi connectivity index (χ0) is 14.5. The third-order valence-corrected chi connectivity index (χ3v) is 3.16. The molecule has 2 aromatic carbocycles. The monoisotopic (exact) mass is 382 g/mol. The minimum Gasteiger partial charge on any atom is -0.508 e. The van der Waals surface area contributed by atoms with Gasteiger partial charge in [0.25, 0.3) is 5.91 Å². The number of nitrogens with zero attached hydrogens (tertiary/aromatic N) is 1. The minimum atomic E-state index is -0.397. The number of halogens is 1. The molecule has 2 aromatic rings. The molecule has 0 fully saturated rings. The highest BCUT2D eigenvalue weighted by molar-refractivity contribution is 14.1. The average Bonchev–Trinajstić information content (AvgIpc) is 2.43. The second-order valence-corrected chi connectivity index (χ2v) is 5.19. The van der Waals surface area contributed by atoms with Crippen molar-refractivity contribution in [1.29, 1.82) is 0 Å². The number of hydrogen-bond acceptors (Lipinski definition) is 4. The van der Waals surface area contributed by atoms with Crippen LogP contribution in [0.2, 0.25) is 0 Å². The largest absolute Gasteiger partial charge is 0.508 e. The van der Waals surface area contributed by atoms with Crippen molar-refractivity contribution in [2.75, 3.05) is 0 Å². The topological polar surface area (TPSA) is 81.9 Å². The van der Waals surface area contributed by atoms with Crippen LogP contribution in [0.5, 0.6) is 11.5 Å². The molecule has 0 atom stereocenters. The Labute approximate surface area is 129 Å². The van der Waals surface area contributed by atoms with Crippen LogP contribution in [0.3, 0.4) is 0 Å². The van der Waals surface area contributed by atoms with Crippen LogP contribution in [0, 0.1) is 3.57 Å². The SMILES string of the molecule is O=C(N/N=C/c1cc(I)ccc1O)c1ccc(O)cc1. The molecule has 0 unspecified atom stereocenters. The molecule has 0 aliphatic rings. The van der Waals surface area contributed by atoms with Gasteiger partial charge >= 0.3 is 0 Å². The van der Waals surface area contributed by atoms with Crippen LogP contribution >= 0.6 is 22.6 Å². The first-order valence-electron chi connectivity index (χ1n) is 5.67. The highest BCUT2D eigenvalue weighted by Gasteiger charge is 2.04. The van der Waals surface area contributed by atoms with Gasteiger partial charge in [-0.3, -0.25) is 4.79 Å². The molecule has 20 heavy (non-hydrogen) atoms. The smallest absolute Gasteiger partial charge is 0.271 e. The Morgan fingerprint density at radius 1 is 1.15 bits per heavy atom. The Morgan fingerprint density at radius 2 is 1.85 bits per heavy atom. The summed E-state index contributed by atoms with van der Waals surface area (Å²) in [5.74, 6) is -0.215. The van der Waals surface area contributed by atoms with E-state index >= 15 is 0 Å². The summed E-state index contributed by atoms with van der Waals surface area (Å²) in [7, 11) is 0. The molecule has 2 rings (SSSR count). The van der Waals surface area contributed by atoms with E-state index in [1.165, 1.54) is 30.5 Å². The second-order valence-electron chi connectivity index (χ2n) is 3.95. The molecule has 0 saturated heterocycles. The Balaban J connectivity index is 2.04. The van der Waals surface area contributed by atoms with Crippen LogP contribution in [0.4, 0.5) is 0 Å². The zero-order valence-corrected chi connectivity index (χ0v) is 12.4. The Hall–Kier alpha value is -2.09. The predicted octanol–water partition coefficient (Wildman–Crippen LogP) is 2.47. The number of benzene rings is 2. The Morgan fingerprint density at radius 3 is 2.55 bits per heavy atom. The van der Waals surface area contributed by atoms with Gasteiger partial charge in [0.1, 0.15) is 11.5 Å². The molecule has 0 spiro atoms. The standard InChI is InChI=1S/C14H11IN2O3/c15-11-3-6-13(19)10(7-11)8-16-17-14(20)9-1-4-12(18)5-2-9/h1-8,18-19H,(H,17,20)/b16-8+. The van der Waals surface area contributed by atoms with Gasteiger partial charge in [-0.05, 0) is 65.1 Å². The fourth-order valence-corrected chi connectivity index (χ4v) is 1.98. The summed E-state index contributed by atoms with van der Waals surface area (Å²) in [5.41, 5.74) is 3.25. The highest BCUT2D eigenvalue weighted by Crippen LogP contribution is 2.17. The maximum Gasteiger partial charge on any atom is 0.271 e. The lowest BCUT2D eigenvalue weighted by molar-refractivity contribution is 0.0955. The molecule has 1 amide bonds. The molecule has 0 bridgehead atoms. The molecule has 0 aromatic heterocycles. The van der Waals surface area contributed by atoms with Gasteiger partial charge in [0.2, 0.25) is 0 Å². The molecule has 0 radical (unpaired) electrons. The number of phenols is 2. The second kappa shape index (κ2) is 6.38. The lowest BCUT2D eigenvalue weighted by Gasteiger charge is -2.01. The van der Waals surface area contributed by atoms with E-state index in [1.807, 2.05) is 0 Å². The van der Waals surface area contributed by atoms with E-state index in [0.717, 1.165) is 3.57 Å². The van der Waals surface area contributed by atoms with Gasteiger partial charge in [0, 0.05) is 14.7 Å². The molecule has 3 N–H and O–H groups in total. The predicted molar refractivity (Wildman–Crippen MR) is 84.0 cm³/mol. The van der Waals surface area contributed by atoms with Crippen molar-refractivity contribution in [3.05, 3.63) is 57.2 Å². The van der Waals surface area contributed by atoms with Crippen molar-refractivity contribution in [1.82, 2.24) is 5.43 Å². The van der Waals surface area contributed by atoms with E-state index < -0.39 is 5.91 Å². The number of hydrazone groups is 1. The van der Waals surface area contributed by atoms with Crippen LogP contribution in [-0.4, -0.2) is 22.3 Å². The summed E-state index contributed by atoms with van der Waals surface area (Å²) in [6.07, 6.45) is 1.37. The summed E-state index contributed by atoms with van der Waals surface area (Å²) in [6, 6.07) is 10.9. The third-order valence-electron chi connectivity index (χ3n) is 2.49. The van der Waals surface area contributed by atoms with Crippen LogP contribution in [0.1, 0.15) is 15.9 Å². The van der Waals surface area contributed by atoms with Crippen LogP contribution in [-0.2, 0) is 0 Å². The maximum absolute atomic E-state index is 11.7. The summed E-state index contributed by atoms with van der Waals surface area (Å²) in [4.78, 5) is 11.7. The highest BCUT2D eigenvalue weighted by atomic mass is 127. The van der Waals surface area contributed by atoms with Crippen molar-refractivity contribution in [2.24, 2.45) is 5.10 Å². The number of hydrogen-bond donors (Lipinski definition) is 3. The minimum absolute atomic E-state index is 0.0908. The molecule has 102 valence electrons. The number of amides is 1. The van der Waals surface area contributed by atoms with Crippen LogP contribution in [0.25, 0.3) is 0 Å². The van der Waals surface area contributed by atoms with E-state index in [4.69, 9.17) is 5.11 Å². The maximum atomic E-state index is 11.7. The van der Waals surface area contributed by atoms with Gasteiger partial charge < -0.3 is 10.2 Å². The van der Waals surface area contributed by atoms with Crippen molar-refractivity contribution in [3.8, 4) is 11.5 Å². The number of nitrogens with one attached hydrogen (secondary N) is 1. The van der Waals surface area contributed by atoms with E-state index in [2.05, 4.69) is 33.1 Å². The van der Waals surface area contributed by atoms with Gasteiger partial charge in [0.05, 0.1) is 6.21 Å². The van der Waals surface area contributed by atoms with Crippen LogP contribution < -0.4 is 5.43 Å². The van der Waals surface area contributed by atoms with Crippen molar-refractivity contribution in [2.45, 2.75) is 0 Å². The summed E-state index contributed by atoms with van der Waals surface area (Å²) >= 11 is 2.12. The van der Waals surface area contributed by atoms with Gasteiger partial charge in [-0.15, -0.1) is 0 Å². The zero-order valence-electron chi connectivity index (χ0n) is 10.2. The molecule has 0 aliphatic heterocycles. The number of aromatic hydroxyl groups is 2. The molecule has 0 heterocycles. The number of rotatable bonds is 3. The van der Waals surface area contributed by atoms with Gasteiger partial charge in [-0.2, -0.15) is 5.10 Å². The Bertz CT molecular complexity index is 654. The summed E-state index contributed by atoms with van der Waals surface area (Å²) < 4.78 is 0.951. The first kappa shape index (κ1) is 14.3. The molecule has 5 nitrogen and oxygen atoms in total. The first-order chi connectivity index (χ1) is 9.56. The summed E-state index contributed by atoms with van der Waals surface area (Å²) in [5, 5.41) is 22.5. The van der Waals surface area contributed by atoms with Gasteiger partial charge in [-0.1, -0.05) is 0 Å². The van der Waals surface area contributed by atoms with E-state index in [9.17, 15) is 9.90 Å². The molecular weight excluding hydrogens is 371 g/mol. The number of phenolic OH excluding ortho intramolecular Hbond substituents is 2. The Kier molecular flexibility index (Phi) is 4.57. The fourth-order valence-electron chi connectivity index (χ4n) is 1.47. The number of carbonyl (C=O) groups excluding carboxylic acids is 1. The average molecular weight is 382 g/mol. The first-order valence-corrected chi connectivity index (χ1v) is 6.75. The number of carbonyl (C=O) groups is 1. The van der Waals surface area contributed by atoms with E-state index in [-0.39, 0.29) is 11.5 Å². The van der Waals surface area contributed by atoms with E-state index in [1.54, 1.807) is 18.2 Å². The normalized spacial score (nSPS) is 10.7. The molecule has 0 saturated carbocycles. The van der Waals surface area contributed by atoms with Crippen LogP contribution in [0.15, 0.2) is 47.6 Å². The fraction of sp³-hybridized carbons (Fsp3) is 0. The lowest BCUT2D eigenvalue weighted by atomic mass is 10.2. The quantitative estimate of drug-likeness (QED) is 0.434. The van der Waals surface area contributed by atoms with Crippen molar-refractivity contribution in [3.63, 3.8) is 0 Å². The van der Waals surface area contributed by atoms with E-state index in [0.29, 0.717) is 11.1 Å². The molecule has 6 heteroatoms. The molecule has 0 aliphatic carbocycles. The third kappa shape index (κ3) is 3.70. The van der Waals surface area contributed by atoms with Gasteiger partial charge in [0.15, 0.2) is 0 Å². The summed E-state index contributed by atoms with van der Waals surface area (Å²) in [6.45, 7) is 0. The molecular formula is C14H11IN2O3. The van der Waals surface area contributed by atoms with Crippen molar-refractivity contribution >= 4 is 34.7 Å². The van der Waals surface area contributed by atoms with Gasteiger partial charge in [-0.25, -0.2) is 5.43 Å². The lowest BCUT2D eigenvalue weighted by Crippen LogP contribution is -2.17.